The third-order valence-corrected chi connectivity index (χ3v) is 5.83. The molecule has 1 unspecified atom stereocenters. The van der Waals surface area contributed by atoms with Crippen LogP contribution < -0.4 is 4.72 Å². The van der Waals surface area contributed by atoms with E-state index < -0.39 is 89.0 Å². The lowest BCUT2D eigenvalue weighted by Crippen LogP contribution is -2.66. The maximum absolute atomic E-state index is 13.1. The van der Waals surface area contributed by atoms with Crippen molar-refractivity contribution in [2.45, 2.75) is 63.6 Å². The summed E-state index contributed by atoms with van der Waals surface area (Å²) in [5, 5.41) is 9.37. The SMILES string of the molecule is COC(=O)C(CO)NS(=O)(=O)[C@@H]1O[C@H](COC(C)=O)[C@@H](OC(C)=O)[C@H](OC(C)=O)[C@H]1OC(C)=O. The van der Waals surface area contributed by atoms with Gasteiger partial charge in [-0.1, -0.05) is 0 Å². The average molecular weight is 513 g/mol. The van der Waals surface area contributed by atoms with Crippen LogP contribution in [0.15, 0.2) is 0 Å². The molecule has 1 fully saturated rings. The molecule has 0 aromatic carbocycles. The van der Waals surface area contributed by atoms with E-state index in [4.69, 9.17) is 23.7 Å². The minimum atomic E-state index is -4.82. The van der Waals surface area contributed by atoms with Crippen molar-refractivity contribution >= 4 is 39.9 Å². The smallest absolute Gasteiger partial charge is 0.326 e. The Kier molecular flexibility index (Phi) is 10.8. The van der Waals surface area contributed by atoms with Gasteiger partial charge in [0.25, 0.3) is 0 Å². The van der Waals surface area contributed by atoms with Crippen LogP contribution in [-0.4, -0.2) is 99.6 Å². The molecule has 1 saturated heterocycles. The predicted molar refractivity (Wildman–Crippen MR) is 107 cm³/mol. The highest BCUT2D eigenvalue weighted by Crippen LogP contribution is 2.31. The Morgan fingerprint density at radius 3 is 1.82 bits per heavy atom. The second-order valence-electron chi connectivity index (χ2n) is 6.99. The van der Waals surface area contributed by atoms with Crippen LogP contribution in [0.1, 0.15) is 27.7 Å². The van der Waals surface area contributed by atoms with Crippen LogP contribution in [0.3, 0.4) is 0 Å². The van der Waals surface area contributed by atoms with Crippen LogP contribution in [0.4, 0.5) is 0 Å². The first kappa shape index (κ1) is 29.2. The van der Waals surface area contributed by atoms with Gasteiger partial charge in [-0.05, 0) is 0 Å². The van der Waals surface area contributed by atoms with Crippen molar-refractivity contribution in [3.05, 3.63) is 0 Å². The Bertz CT molecular complexity index is 887. The topological polar surface area (TPSA) is 207 Å². The summed E-state index contributed by atoms with van der Waals surface area (Å²) >= 11 is 0. The molecule has 2 N–H and O–H groups in total. The zero-order chi connectivity index (χ0) is 26.2. The van der Waals surface area contributed by atoms with Crippen molar-refractivity contribution in [1.29, 1.82) is 0 Å². The Balaban J connectivity index is 3.56. The van der Waals surface area contributed by atoms with E-state index >= 15 is 0 Å². The highest BCUT2D eigenvalue weighted by atomic mass is 32.2. The van der Waals surface area contributed by atoms with E-state index in [0.29, 0.717) is 0 Å². The first-order valence-electron chi connectivity index (χ1n) is 9.73. The van der Waals surface area contributed by atoms with E-state index in [0.717, 1.165) is 34.8 Å². The number of sulfonamides is 1. The van der Waals surface area contributed by atoms with Crippen molar-refractivity contribution in [3.8, 4) is 0 Å². The lowest BCUT2D eigenvalue weighted by atomic mass is 9.99. The number of carbonyl (C=O) groups is 5. The number of aliphatic hydroxyl groups is 1. The summed E-state index contributed by atoms with van der Waals surface area (Å²) in [6.45, 7) is 2.29. The third kappa shape index (κ3) is 8.19. The molecule has 1 heterocycles. The molecule has 6 atom stereocenters. The lowest BCUT2D eigenvalue weighted by Gasteiger charge is -2.44. The average Bonchev–Trinajstić information content (AvgIpc) is 2.71. The third-order valence-electron chi connectivity index (χ3n) is 4.23. The molecule has 1 aliphatic rings. The zero-order valence-electron chi connectivity index (χ0n) is 19.0. The predicted octanol–water partition coefficient (Wildman–Crippen LogP) is -2.48. The van der Waals surface area contributed by atoms with E-state index in [1.54, 1.807) is 0 Å². The van der Waals surface area contributed by atoms with Crippen molar-refractivity contribution in [2.24, 2.45) is 0 Å². The van der Waals surface area contributed by atoms with Crippen LogP contribution in [0.5, 0.6) is 0 Å². The van der Waals surface area contributed by atoms with Crippen molar-refractivity contribution in [2.75, 3.05) is 20.3 Å². The van der Waals surface area contributed by atoms with Gasteiger partial charge in [-0.2, -0.15) is 4.72 Å². The monoisotopic (exact) mass is 513 g/mol. The highest BCUT2D eigenvalue weighted by molar-refractivity contribution is 7.90. The molecular weight excluding hydrogens is 486 g/mol. The Labute approximate surface area is 195 Å². The quantitative estimate of drug-likeness (QED) is 0.229. The number of hydrogen-bond donors (Lipinski definition) is 2. The standard InChI is InChI=1S/C18H27NO14S/c1-8(21)29-7-13-14(30-9(2)22)15(31-10(3)23)16(32-11(4)24)18(33-13)34(26,27)19-12(6-20)17(25)28-5/h12-16,18-20H,6-7H2,1-5H3/t12?,13-,14-,15+,16-,18+/m1/s1. The zero-order valence-corrected chi connectivity index (χ0v) is 19.9. The number of nitrogens with one attached hydrogen (secondary N) is 1. The number of aliphatic hydroxyl groups excluding tert-OH is 1. The molecule has 0 aliphatic carbocycles. The number of ether oxygens (including phenoxy) is 6. The number of rotatable bonds is 10. The summed E-state index contributed by atoms with van der Waals surface area (Å²) in [6.07, 6.45) is -6.72. The number of hydrogen-bond acceptors (Lipinski definition) is 14. The largest absolute Gasteiger partial charge is 0.468 e. The van der Waals surface area contributed by atoms with E-state index in [9.17, 15) is 37.5 Å². The molecule has 0 saturated carbocycles. The second kappa shape index (κ2) is 12.6. The summed E-state index contributed by atoms with van der Waals surface area (Å²) < 4.78 is 58.1. The summed E-state index contributed by atoms with van der Waals surface area (Å²) in [4.78, 5) is 58.3. The summed E-state index contributed by atoms with van der Waals surface area (Å²) in [7, 11) is -3.87. The van der Waals surface area contributed by atoms with Gasteiger partial charge < -0.3 is 33.5 Å². The van der Waals surface area contributed by atoms with Crippen LogP contribution >= 0.6 is 0 Å². The summed E-state index contributed by atoms with van der Waals surface area (Å²) in [5.74, 6) is -4.81. The fraction of sp³-hybridized carbons (Fsp3) is 0.722. The van der Waals surface area contributed by atoms with E-state index in [-0.39, 0.29) is 0 Å². The van der Waals surface area contributed by atoms with Crippen LogP contribution in [0.25, 0.3) is 0 Å². The highest BCUT2D eigenvalue weighted by Gasteiger charge is 2.56. The van der Waals surface area contributed by atoms with Crippen molar-refractivity contribution in [1.82, 2.24) is 4.72 Å². The van der Waals surface area contributed by atoms with Gasteiger partial charge in [-0.15, -0.1) is 0 Å². The minimum absolute atomic E-state index is 0.649. The van der Waals surface area contributed by atoms with E-state index in [1.165, 1.54) is 0 Å². The fourth-order valence-corrected chi connectivity index (χ4v) is 4.56. The van der Waals surface area contributed by atoms with Gasteiger partial charge in [-0.25, -0.2) is 8.42 Å². The molecule has 0 radical (unpaired) electrons. The van der Waals surface area contributed by atoms with Gasteiger partial charge in [0.1, 0.15) is 18.8 Å². The Hall–Kier alpha value is -2.82. The van der Waals surface area contributed by atoms with Gasteiger partial charge in [0.15, 0.2) is 18.3 Å². The second-order valence-corrected chi connectivity index (χ2v) is 8.78. The summed E-state index contributed by atoms with van der Waals surface area (Å²) in [6, 6.07) is -1.76. The van der Waals surface area contributed by atoms with Gasteiger partial charge in [-0.3, -0.25) is 24.0 Å². The van der Waals surface area contributed by atoms with Crippen LogP contribution in [0.2, 0.25) is 0 Å². The molecule has 15 nitrogen and oxygen atoms in total. The molecular formula is C18H27NO14S. The first-order chi connectivity index (χ1) is 15.7. The van der Waals surface area contributed by atoms with Crippen molar-refractivity contribution < 1.29 is 65.9 Å². The molecule has 0 aromatic heterocycles. The van der Waals surface area contributed by atoms with E-state index in [2.05, 4.69) is 4.74 Å². The molecule has 16 heteroatoms. The van der Waals surface area contributed by atoms with E-state index in [1.807, 2.05) is 4.72 Å². The molecule has 0 amide bonds. The van der Waals surface area contributed by atoms with Gasteiger partial charge in [0, 0.05) is 27.7 Å². The number of methoxy groups -OCH3 is 1. The minimum Gasteiger partial charge on any atom is -0.468 e. The summed E-state index contributed by atoms with van der Waals surface area (Å²) in [5.41, 5.74) is -2.17. The maximum atomic E-state index is 13.1. The molecule has 0 spiro atoms. The first-order valence-corrected chi connectivity index (χ1v) is 11.3. The van der Waals surface area contributed by atoms with Gasteiger partial charge in [0.2, 0.25) is 15.5 Å². The molecule has 1 aliphatic heterocycles. The molecule has 1 rings (SSSR count). The number of esters is 5. The maximum Gasteiger partial charge on any atom is 0.326 e. The van der Waals surface area contributed by atoms with Gasteiger partial charge in [0.05, 0.1) is 13.7 Å². The number of carbonyl (C=O) groups excluding carboxylic acids is 5. The Morgan fingerprint density at radius 1 is 0.882 bits per heavy atom. The Morgan fingerprint density at radius 2 is 1.38 bits per heavy atom. The molecule has 194 valence electrons. The van der Waals surface area contributed by atoms with Gasteiger partial charge >= 0.3 is 29.8 Å². The normalized spacial score (nSPS) is 25.4. The molecule has 34 heavy (non-hydrogen) atoms. The lowest BCUT2D eigenvalue weighted by molar-refractivity contribution is -0.238. The van der Waals surface area contributed by atoms with Crippen LogP contribution in [-0.2, 0) is 62.4 Å². The molecule has 0 aromatic rings. The van der Waals surface area contributed by atoms with Crippen molar-refractivity contribution in [3.63, 3.8) is 0 Å². The fourth-order valence-electron chi connectivity index (χ4n) is 3.01. The van der Waals surface area contributed by atoms with Crippen LogP contribution in [0, 0.1) is 0 Å². The molecule has 0 bridgehead atoms.